The van der Waals surface area contributed by atoms with Crippen molar-refractivity contribution in [3.8, 4) is 5.75 Å². The normalized spacial score (nSPS) is 15.7. The number of halogens is 1. The molecule has 1 aliphatic rings. The van der Waals surface area contributed by atoms with Gasteiger partial charge >= 0.3 is 0 Å². The van der Waals surface area contributed by atoms with E-state index in [4.69, 9.17) is 4.74 Å². The molecule has 10 heteroatoms. The summed E-state index contributed by atoms with van der Waals surface area (Å²) < 4.78 is 42.7. The topological polar surface area (TPSA) is 119 Å². The third kappa shape index (κ3) is 5.17. The number of Topliss-reactive ketones (excluding diaryl/α,β-unsaturated/α-hetero) is 1. The Balaban J connectivity index is 1.64. The zero-order chi connectivity index (χ0) is 21.2. The van der Waals surface area contributed by atoms with Gasteiger partial charge in [-0.2, -0.15) is 0 Å². The monoisotopic (exact) mass is 420 g/mol. The van der Waals surface area contributed by atoms with Crippen molar-refractivity contribution in [3.05, 3.63) is 53.8 Å². The van der Waals surface area contributed by atoms with E-state index >= 15 is 0 Å². The van der Waals surface area contributed by atoms with E-state index in [9.17, 15) is 27.2 Å². The molecule has 2 aromatic rings. The van der Waals surface area contributed by atoms with Crippen molar-refractivity contribution in [3.63, 3.8) is 0 Å². The molecule has 1 heterocycles. The van der Waals surface area contributed by atoms with Gasteiger partial charge in [0, 0.05) is 11.3 Å². The third-order valence-electron chi connectivity index (χ3n) is 4.06. The number of carbonyl (C=O) groups is 3. The van der Waals surface area contributed by atoms with Crippen molar-refractivity contribution < 1.29 is 31.9 Å². The average Bonchev–Trinajstić information content (AvgIpc) is 2.63. The van der Waals surface area contributed by atoms with Gasteiger partial charge in [-0.15, -0.1) is 0 Å². The minimum absolute atomic E-state index is 0.0599. The Labute approximate surface area is 166 Å². The highest BCUT2D eigenvalue weighted by atomic mass is 32.2. The summed E-state index contributed by atoms with van der Waals surface area (Å²) in [5.74, 6) is -3.86. The zero-order valence-corrected chi connectivity index (χ0v) is 16.1. The van der Waals surface area contributed by atoms with Gasteiger partial charge in [0.15, 0.2) is 21.7 Å². The van der Waals surface area contributed by atoms with Crippen LogP contribution in [0.25, 0.3) is 0 Å². The Hall–Kier alpha value is -3.27. The predicted octanol–water partition coefficient (Wildman–Crippen LogP) is 1.78. The van der Waals surface area contributed by atoms with Crippen molar-refractivity contribution >= 4 is 38.8 Å². The van der Waals surface area contributed by atoms with Crippen LogP contribution < -0.4 is 15.4 Å². The molecule has 0 bridgehead atoms. The lowest BCUT2D eigenvalue weighted by atomic mass is 10.1. The standard InChI is InChI=1S/C19H17FN2O6S/c1-11-19(25)22-15-8-12(2-7-17(15)28-11)16(23)9-29(26,27)10-18(24)21-14-5-3-13(20)4-6-14/h2-8,11H,9-10H2,1H3,(H,21,24)(H,22,25). The Morgan fingerprint density at radius 2 is 1.83 bits per heavy atom. The van der Waals surface area contributed by atoms with Crippen molar-refractivity contribution in [1.29, 1.82) is 0 Å². The number of rotatable bonds is 6. The molecule has 0 aromatic heterocycles. The highest BCUT2D eigenvalue weighted by Crippen LogP contribution is 2.30. The Kier molecular flexibility index (Phi) is 5.64. The SMILES string of the molecule is CC1Oc2ccc(C(=O)CS(=O)(=O)CC(=O)Nc3ccc(F)cc3)cc2NC1=O. The van der Waals surface area contributed by atoms with Crippen LogP contribution in [0.2, 0.25) is 0 Å². The first-order valence-corrected chi connectivity index (χ1v) is 10.4. The Morgan fingerprint density at radius 1 is 1.14 bits per heavy atom. The first-order valence-electron chi connectivity index (χ1n) is 8.53. The molecule has 0 fully saturated rings. The minimum Gasteiger partial charge on any atom is -0.479 e. The van der Waals surface area contributed by atoms with E-state index in [0.29, 0.717) is 5.75 Å². The Morgan fingerprint density at radius 3 is 2.52 bits per heavy atom. The van der Waals surface area contributed by atoms with E-state index in [0.717, 1.165) is 12.1 Å². The van der Waals surface area contributed by atoms with Crippen molar-refractivity contribution in [2.45, 2.75) is 13.0 Å². The fourth-order valence-electron chi connectivity index (χ4n) is 2.65. The number of anilines is 2. The maximum atomic E-state index is 12.9. The number of amides is 2. The maximum absolute atomic E-state index is 12.9. The molecular formula is C19H17FN2O6S. The summed E-state index contributed by atoms with van der Waals surface area (Å²) in [5.41, 5.74) is 0.563. The van der Waals surface area contributed by atoms with Gasteiger partial charge < -0.3 is 15.4 Å². The molecular weight excluding hydrogens is 403 g/mol. The molecule has 29 heavy (non-hydrogen) atoms. The minimum atomic E-state index is -4.05. The molecule has 0 saturated carbocycles. The van der Waals surface area contributed by atoms with Gasteiger partial charge in [-0.3, -0.25) is 14.4 Å². The largest absolute Gasteiger partial charge is 0.479 e. The van der Waals surface area contributed by atoms with E-state index in [-0.39, 0.29) is 22.8 Å². The number of ether oxygens (including phenoxy) is 1. The molecule has 0 spiro atoms. The summed E-state index contributed by atoms with van der Waals surface area (Å²) in [6, 6.07) is 8.99. The molecule has 0 saturated heterocycles. The van der Waals surface area contributed by atoms with Crippen molar-refractivity contribution in [1.82, 2.24) is 0 Å². The van der Waals surface area contributed by atoms with Gasteiger partial charge in [-0.25, -0.2) is 12.8 Å². The number of carbonyl (C=O) groups excluding carboxylic acids is 3. The van der Waals surface area contributed by atoms with Gasteiger partial charge in [0.1, 0.15) is 23.1 Å². The lowest BCUT2D eigenvalue weighted by Crippen LogP contribution is -2.34. The number of benzene rings is 2. The number of fused-ring (bicyclic) bond motifs is 1. The van der Waals surface area contributed by atoms with E-state index in [2.05, 4.69) is 10.6 Å². The van der Waals surface area contributed by atoms with Crippen LogP contribution in [-0.4, -0.2) is 43.6 Å². The van der Waals surface area contributed by atoms with Crippen LogP contribution in [0.4, 0.5) is 15.8 Å². The second-order valence-corrected chi connectivity index (χ2v) is 8.54. The molecule has 2 N–H and O–H groups in total. The summed E-state index contributed by atoms with van der Waals surface area (Å²) >= 11 is 0. The lowest BCUT2D eigenvalue weighted by molar-refractivity contribution is -0.122. The highest BCUT2D eigenvalue weighted by Gasteiger charge is 2.26. The second kappa shape index (κ2) is 8.00. The molecule has 2 aromatic carbocycles. The molecule has 1 unspecified atom stereocenters. The van der Waals surface area contributed by atoms with Crippen LogP contribution in [0, 0.1) is 5.82 Å². The van der Waals surface area contributed by atoms with Gasteiger partial charge in [0.05, 0.1) is 5.69 Å². The average molecular weight is 420 g/mol. The van der Waals surface area contributed by atoms with Crippen LogP contribution in [0.15, 0.2) is 42.5 Å². The first kappa shape index (κ1) is 20.5. The zero-order valence-electron chi connectivity index (χ0n) is 15.3. The quantitative estimate of drug-likeness (QED) is 0.688. The van der Waals surface area contributed by atoms with Crippen LogP contribution in [-0.2, 0) is 19.4 Å². The lowest BCUT2D eigenvalue weighted by Gasteiger charge is -2.23. The van der Waals surface area contributed by atoms with Gasteiger partial charge in [-0.05, 0) is 49.4 Å². The number of ketones is 1. The summed E-state index contributed by atoms with van der Waals surface area (Å²) in [6.07, 6.45) is -0.677. The number of sulfone groups is 1. The summed E-state index contributed by atoms with van der Waals surface area (Å²) in [5, 5.41) is 4.90. The molecule has 3 rings (SSSR count). The smallest absolute Gasteiger partial charge is 0.265 e. The summed E-state index contributed by atoms with van der Waals surface area (Å²) in [4.78, 5) is 36.0. The van der Waals surface area contributed by atoms with E-state index in [1.165, 1.54) is 30.3 Å². The van der Waals surface area contributed by atoms with E-state index in [1.807, 2.05) is 0 Å². The maximum Gasteiger partial charge on any atom is 0.265 e. The van der Waals surface area contributed by atoms with E-state index in [1.54, 1.807) is 6.92 Å². The van der Waals surface area contributed by atoms with Crippen LogP contribution >= 0.6 is 0 Å². The third-order valence-corrected chi connectivity index (χ3v) is 5.47. The number of hydrogen-bond acceptors (Lipinski definition) is 6. The summed E-state index contributed by atoms with van der Waals surface area (Å²) in [6.45, 7) is 1.57. The van der Waals surface area contributed by atoms with Crippen molar-refractivity contribution in [2.75, 3.05) is 22.1 Å². The molecule has 0 aliphatic carbocycles. The molecule has 1 aliphatic heterocycles. The van der Waals surface area contributed by atoms with Gasteiger partial charge in [-0.1, -0.05) is 0 Å². The molecule has 2 amide bonds. The van der Waals surface area contributed by atoms with Crippen LogP contribution in [0.5, 0.6) is 5.75 Å². The fraction of sp³-hybridized carbons (Fsp3) is 0.211. The van der Waals surface area contributed by atoms with Gasteiger partial charge in [0.25, 0.3) is 5.91 Å². The number of nitrogens with one attached hydrogen (secondary N) is 2. The van der Waals surface area contributed by atoms with Crippen LogP contribution in [0.1, 0.15) is 17.3 Å². The molecule has 8 nitrogen and oxygen atoms in total. The fourth-order valence-corrected chi connectivity index (χ4v) is 3.79. The first-order chi connectivity index (χ1) is 13.6. The Bertz CT molecular complexity index is 1080. The summed E-state index contributed by atoms with van der Waals surface area (Å²) in [7, 11) is -4.05. The van der Waals surface area contributed by atoms with E-state index < -0.39 is 45.0 Å². The molecule has 152 valence electrons. The second-order valence-electron chi connectivity index (χ2n) is 6.47. The molecule has 1 atom stereocenters. The highest BCUT2D eigenvalue weighted by molar-refractivity contribution is 7.92. The number of hydrogen-bond donors (Lipinski definition) is 2. The van der Waals surface area contributed by atoms with Gasteiger partial charge in [0.2, 0.25) is 5.91 Å². The van der Waals surface area contributed by atoms with Crippen LogP contribution in [0.3, 0.4) is 0 Å². The predicted molar refractivity (Wildman–Crippen MR) is 103 cm³/mol. The van der Waals surface area contributed by atoms with Crippen molar-refractivity contribution in [2.24, 2.45) is 0 Å². The molecule has 0 radical (unpaired) electrons.